The van der Waals surface area contributed by atoms with Gasteiger partial charge in [-0.1, -0.05) is 20.8 Å². The van der Waals surface area contributed by atoms with Crippen LogP contribution in [0.4, 0.5) is 0 Å². The molecule has 0 aromatic rings. The summed E-state index contributed by atoms with van der Waals surface area (Å²) in [6, 6.07) is 0. The molecule has 2 saturated heterocycles. The Hall–Kier alpha value is -1.24. The quantitative estimate of drug-likeness (QED) is 0.735. The third-order valence-corrected chi connectivity index (χ3v) is 5.28. The molecule has 22 heavy (non-hydrogen) atoms. The summed E-state index contributed by atoms with van der Waals surface area (Å²) >= 11 is 0. The van der Waals surface area contributed by atoms with E-state index < -0.39 is 35.2 Å². The second kappa shape index (κ2) is 4.40. The van der Waals surface area contributed by atoms with Crippen molar-refractivity contribution in [1.29, 1.82) is 0 Å². The summed E-state index contributed by atoms with van der Waals surface area (Å²) in [5, 5.41) is 11.4. The molecule has 6 heteroatoms. The smallest absolute Gasteiger partial charge is 0.304 e. The van der Waals surface area contributed by atoms with Crippen molar-refractivity contribution in [3.8, 4) is 0 Å². The Morgan fingerprint density at radius 2 is 2.05 bits per heavy atom. The number of fused-ring (bicyclic) bond motifs is 3. The van der Waals surface area contributed by atoms with Crippen molar-refractivity contribution in [1.82, 2.24) is 0 Å². The maximum Gasteiger partial charge on any atom is 0.304 e. The van der Waals surface area contributed by atoms with Crippen LogP contribution in [0, 0.1) is 11.3 Å². The van der Waals surface area contributed by atoms with Gasteiger partial charge in [-0.2, -0.15) is 0 Å². The minimum Gasteiger partial charge on any atom is -0.436 e. The van der Waals surface area contributed by atoms with Crippen LogP contribution in [0.15, 0.2) is 11.6 Å². The van der Waals surface area contributed by atoms with Gasteiger partial charge in [-0.15, -0.1) is 0 Å². The van der Waals surface area contributed by atoms with E-state index in [1.54, 1.807) is 20.8 Å². The molecule has 1 spiro atoms. The molecular formula is C16H22O6. The lowest BCUT2D eigenvalue weighted by Crippen LogP contribution is -2.60. The molecule has 2 heterocycles. The monoisotopic (exact) mass is 310 g/mol. The van der Waals surface area contributed by atoms with Crippen LogP contribution in [0.3, 0.4) is 0 Å². The van der Waals surface area contributed by atoms with Crippen LogP contribution in [0.5, 0.6) is 0 Å². The molecule has 0 aromatic carbocycles. The average molecular weight is 310 g/mol. The number of carbonyl (C=O) groups is 2. The van der Waals surface area contributed by atoms with Gasteiger partial charge in [-0.25, -0.2) is 0 Å². The summed E-state index contributed by atoms with van der Waals surface area (Å²) < 4.78 is 17.0. The van der Waals surface area contributed by atoms with Gasteiger partial charge in [-0.3, -0.25) is 9.59 Å². The third-order valence-electron chi connectivity index (χ3n) is 5.28. The van der Waals surface area contributed by atoms with E-state index in [0.717, 1.165) is 0 Å². The van der Waals surface area contributed by atoms with Crippen LogP contribution in [0.25, 0.3) is 0 Å². The van der Waals surface area contributed by atoms with Crippen LogP contribution in [-0.2, 0) is 23.8 Å². The van der Waals surface area contributed by atoms with Gasteiger partial charge < -0.3 is 19.3 Å². The number of rotatable bonds is 1. The maximum atomic E-state index is 12.2. The minimum atomic E-state index is -1.44. The van der Waals surface area contributed by atoms with Gasteiger partial charge >= 0.3 is 5.97 Å². The molecule has 2 aliphatic heterocycles. The predicted molar refractivity (Wildman–Crippen MR) is 75.5 cm³/mol. The molecule has 3 rings (SSSR count). The lowest BCUT2D eigenvalue weighted by atomic mass is 9.61. The van der Waals surface area contributed by atoms with Crippen LogP contribution in [0.2, 0.25) is 0 Å². The summed E-state index contributed by atoms with van der Waals surface area (Å²) in [6.45, 7) is 8.48. The Bertz CT molecular complexity index is 579. The van der Waals surface area contributed by atoms with Crippen LogP contribution >= 0.6 is 0 Å². The van der Waals surface area contributed by atoms with E-state index in [-0.39, 0.29) is 11.7 Å². The Morgan fingerprint density at radius 3 is 2.64 bits per heavy atom. The first kappa shape index (κ1) is 15.6. The molecule has 2 fully saturated rings. The fourth-order valence-corrected chi connectivity index (χ4v) is 4.20. The number of ether oxygens (including phenoxy) is 3. The number of carbonyl (C=O) groups excluding carboxylic acids is 2. The molecule has 5 atom stereocenters. The molecule has 1 N–H and O–H groups in total. The Labute approximate surface area is 129 Å². The molecule has 3 aliphatic rings. The van der Waals surface area contributed by atoms with Gasteiger partial charge in [0.2, 0.25) is 12.1 Å². The zero-order valence-electron chi connectivity index (χ0n) is 13.5. The van der Waals surface area contributed by atoms with Gasteiger partial charge in [-0.05, 0) is 18.6 Å². The molecule has 1 aliphatic carbocycles. The van der Waals surface area contributed by atoms with Gasteiger partial charge in [0.1, 0.15) is 11.7 Å². The molecular weight excluding hydrogens is 288 g/mol. The van der Waals surface area contributed by atoms with Crippen LogP contribution in [-0.4, -0.2) is 40.6 Å². The van der Waals surface area contributed by atoms with E-state index in [4.69, 9.17) is 14.2 Å². The highest BCUT2D eigenvalue weighted by Gasteiger charge is 2.76. The van der Waals surface area contributed by atoms with Crippen LogP contribution in [0.1, 0.15) is 41.0 Å². The first-order valence-corrected chi connectivity index (χ1v) is 7.53. The highest BCUT2D eigenvalue weighted by Crippen LogP contribution is 2.62. The molecule has 122 valence electrons. The summed E-state index contributed by atoms with van der Waals surface area (Å²) in [6.07, 6.45) is 0.210. The molecule has 2 bridgehead atoms. The number of ketones is 1. The maximum absolute atomic E-state index is 12.2. The molecule has 6 nitrogen and oxygen atoms in total. The highest BCUT2D eigenvalue weighted by molar-refractivity contribution is 5.97. The van der Waals surface area contributed by atoms with Crippen molar-refractivity contribution < 1.29 is 28.9 Å². The highest BCUT2D eigenvalue weighted by atomic mass is 16.8. The molecule has 0 aromatic heterocycles. The zero-order valence-corrected chi connectivity index (χ0v) is 13.5. The van der Waals surface area contributed by atoms with Crippen molar-refractivity contribution in [3.63, 3.8) is 0 Å². The number of esters is 1. The number of hydrogen-bond acceptors (Lipinski definition) is 6. The predicted octanol–water partition coefficient (Wildman–Crippen LogP) is 1.31. The second-order valence-electron chi connectivity index (χ2n) is 7.19. The fourth-order valence-electron chi connectivity index (χ4n) is 4.20. The fraction of sp³-hybridized carbons (Fsp3) is 0.750. The SMILES string of the molecule is CC(=O)O[C@@H]1O[C@@]2(C[C@H]1C)O[C@@H]1C(=O)C=C(C)[C@@]2(O)C1(C)C. The van der Waals surface area contributed by atoms with E-state index >= 15 is 0 Å². The number of aliphatic hydroxyl groups is 1. The topological polar surface area (TPSA) is 82.1 Å². The Balaban J connectivity index is 2.05. The summed E-state index contributed by atoms with van der Waals surface area (Å²) in [7, 11) is 0. The van der Waals surface area contributed by atoms with Crippen LogP contribution < -0.4 is 0 Å². The van der Waals surface area contributed by atoms with E-state index in [2.05, 4.69) is 0 Å². The summed E-state index contributed by atoms with van der Waals surface area (Å²) in [5.74, 6) is -2.14. The lowest BCUT2D eigenvalue weighted by Gasteiger charge is -2.45. The van der Waals surface area contributed by atoms with Gasteiger partial charge in [0.25, 0.3) is 0 Å². The second-order valence-corrected chi connectivity index (χ2v) is 7.19. The van der Waals surface area contributed by atoms with Gasteiger partial charge in [0, 0.05) is 24.7 Å². The van der Waals surface area contributed by atoms with E-state index in [1.807, 2.05) is 6.92 Å². The van der Waals surface area contributed by atoms with Crippen molar-refractivity contribution in [2.45, 2.75) is 64.8 Å². The van der Waals surface area contributed by atoms with E-state index in [1.165, 1.54) is 13.0 Å². The number of hydrogen-bond donors (Lipinski definition) is 1. The zero-order chi connectivity index (χ0) is 16.5. The van der Waals surface area contributed by atoms with E-state index in [9.17, 15) is 14.7 Å². The van der Waals surface area contributed by atoms with Crippen molar-refractivity contribution in [2.24, 2.45) is 11.3 Å². The third kappa shape index (κ3) is 1.66. The van der Waals surface area contributed by atoms with Crippen molar-refractivity contribution in [3.05, 3.63) is 11.6 Å². The largest absolute Gasteiger partial charge is 0.436 e. The van der Waals surface area contributed by atoms with Crippen molar-refractivity contribution in [2.75, 3.05) is 0 Å². The molecule has 0 saturated carbocycles. The standard InChI is InChI=1S/C16H22O6/c1-8-7-15(22-13(8)20-10(3)17)16(19)9(2)6-11(18)12(21-15)14(16,4)5/h6,8,12-13,19H,7H2,1-5H3/t8-,12-,13-,15-,16-/m1/s1. The first-order valence-electron chi connectivity index (χ1n) is 7.53. The summed E-state index contributed by atoms with van der Waals surface area (Å²) in [4.78, 5) is 23.5. The summed E-state index contributed by atoms with van der Waals surface area (Å²) in [5.41, 5.74) is -1.75. The Morgan fingerprint density at radius 1 is 1.41 bits per heavy atom. The van der Waals surface area contributed by atoms with Gasteiger partial charge in [0.05, 0.1) is 0 Å². The Kier molecular flexibility index (Phi) is 3.13. The normalized spacial score (nSPS) is 46.0. The molecule has 0 radical (unpaired) electrons. The first-order chi connectivity index (χ1) is 10.0. The minimum absolute atomic E-state index is 0.147. The average Bonchev–Trinajstić information content (AvgIpc) is 2.74. The van der Waals surface area contributed by atoms with Crippen molar-refractivity contribution >= 4 is 11.8 Å². The van der Waals surface area contributed by atoms with E-state index in [0.29, 0.717) is 12.0 Å². The molecule has 0 unspecified atom stereocenters. The lowest BCUT2D eigenvalue weighted by molar-refractivity contribution is -0.299. The van der Waals surface area contributed by atoms with Gasteiger partial charge in [0.15, 0.2) is 5.78 Å². The molecule has 0 amide bonds.